The normalized spacial score (nSPS) is 23.0. The maximum absolute atomic E-state index is 9.99. The number of thiophene rings is 1. The van der Waals surface area contributed by atoms with Crippen molar-refractivity contribution in [2.45, 2.75) is 64.3 Å². The first kappa shape index (κ1) is 22.3. The highest BCUT2D eigenvalue weighted by Gasteiger charge is 2.55. The molecule has 2 heterocycles. The number of aliphatic hydroxyl groups is 1. The summed E-state index contributed by atoms with van der Waals surface area (Å²) < 4.78 is 5.43. The van der Waals surface area contributed by atoms with Gasteiger partial charge in [-0.15, -0.1) is 11.3 Å². The van der Waals surface area contributed by atoms with Crippen molar-refractivity contribution in [3.63, 3.8) is 0 Å². The third kappa shape index (κ3) is 5.01. The summed E-state index contributed by atoms with van der Waals surface area (Å²) in [6.45, 7) is 6.56. The zero-order valence-corrected chi connectivity index (χ0v) is 18.9. The van der Waals surface area contributed by atoms with Crippen molar-refractivity contribution in [3.8, 4) is 5.75 Å². The molecule has 5 heteroatoms. The number of aromatic nitrogens is 1. The van der Waals surface area contributed by atoms with Crippen molar-refractivity contribution in [2.75, 3.05) is 20.3 Å². The fourth-order valence-corrected chi connectivity index (χ4v) is 5.97. The average molecular weight is 417 g/mol. The fourth-order valence-electron chi connectivity index (χ4n) is 5.17. The fraction of sp³-hybridized carbons (Fsp3) is 0.625. The van der Waals surface area contributed by atoms with Gasteiger partial charge in [0.2, 0.25) is 0 Å². The summed E-state index contributed by atoms with van der Waals surface area (Å²) in [6.07, 6.45) is 8.56. The van der Waals surface area contributed by atoms with E-state index in [0.717, 1.165) is 49.7 Å². The standard InChI is InChI=1S/C24H36N2O2S/c1-4-19-16-23(19,5-2)18-24(11-14-27,22-8-6-7-12-26-22)10-13-25-17-21-20(28-3)9-15-29-21/h6-9,12,15,19,25,27H,4-5,10-11,13-14,16-18H2,1-3H3/t19?,23-,24-/m0/s1. The summed E-state index contributed by atoms with van der Waals surface area (Å²) in [5.41, 5.74) is 1.47. The van der Waals surface area contributed by atoms with Crippen LogP contribution in [-0.4, -0.2) is 30.4 Å². The Kier molecular flexibility index (Phi) is 7.72. The van der Waals surface area contributed by atoms with Gasteiger partial charge < -0.3 is 15.2 Å². The largest absolute Gasteiger partial charge is 0.496 e. The van der Waals surface area contributed by atoms with Gasteiger partial charge in [0, 0.05) is 30.5 Å². The van der Waals surface area contributed by atoms with E-state index < -0.39 is 0 Å². The number of rotatable bonds is 13. The van der Waals surface area contributed by atoms with Gasteiger partial charge in [-0.3, -0.25) is 4.98 Å². The Morgan fingerprint density at radius 1 is 1.31 bits per heavy atom. The number of aliphatic hydroxyl groups excluding tert-OH is 1. The molecule has 2 aromatic heterocycles. The molecule has 1 saturated carbocycles. The molecule has 3 atom stereocenters. The van der Waals surface area contributed by atoms with Crippen LogP contribution in [-0.2, 0) is 12.0 Å². The van der Waals surface area contributed by atoms with E-state index >= 15 is 0 Å². The molecule has 2 N–H and O–H groups in total. The molecule has 0 saturated heterocycles. The SMILES string of the molecule is CCC1C[C@@]1(CC)C[C@@](CCO)(CCNCc1sccc1OC)c1ccccn1. The molecule has 2 aromatic rings. The van der Waals surface area contributed by atoms with Crippen molar-refractivity contribution in [1.82, 2.24) is 10.3 Å². The topological polar surface area (TPSA) is 54.4 Å². The highest BCUT2D eigenvalue weighted by Crippen LogP contribution is 2.63. The molecule has 0 amide bonds. The van der Waals surface area contributed by atoms with Gasteiger partial charge in [0.25, 0.3) is 0 Å². The minimum absolute atomic E-state index is 0.0809. The average Bonchev–Trinajstić information content (AvgIpc) is 3.26. The summed E-state index contributed by atoms with van der Waals surface area (Å²) in [5, 5.41) is 15.7. The Labute approximate surface area is 179 Å². The van der Waals surface area contributed by atoms with Crippen molar-refractivity contribution in [1.29, 1.82) is 0 Å². The lowest BCUT2D eigenvalue weighted by Crippen LogP contribution is -2.36. The van der Waals surface area contributed by atoms with Crippen LogP contribution in [0.3, 0.4) is 0 Å². The van der Waals surface area contributed by atoms with Crippen LogP contribution in [0.25, 0.3) is 0 Å². The second kappa shape index (κ2) is 10.1. The summed E-state index contributed by atoms with van der Waals surface area (Å²) in [5.74, 6) is 1.78. The van der Waals surface area contributed by atoms with Crippen LogP contribution < -0.4 is 10.1 Å². The second-order valence-corrected chi connectivity index (χ2v) is 9.51. The van der Waals surface area contributed by atoms with Gasteiger partial charge in [0.15, 0.2) is 0 Å². The van der Waals surface area contributed by atoms with Crippen LogP contribution in [0.1, 0.15) is 62.9 Å². The summed E-state index contributed by atoms with van der Waals surface area (Å²) in [6, 6.07) is 8.25. The van der Waals surface area contributed by atoms with E-state index in [9.17, 15) is 5.11 Å². The highest BCUT2D eigenvalue weighted by molar-refractivity contribution is 7.10. The molecule has 29 heavy (non-hydrogen) atoms. The number of ether oxygens (including phenoxy) is 1. The van der Waals surface area contributed by atoms with Gasteiger partial charge in [0.05, 0.1) is 12.0 Å². The number of pyridine rings is 1. The smallest absolute Gasteiger partial charge is 0.134 e. The maximum Gasteiger partial charge on any atom is 0.134 e. The predicted molar refractivity (Wildman–Crippen MR) is 121 cm³/mol. The Morgan fingerprint density at radius 2 is 2.17 bits per heavy atom. The van der Waals surface area contributed by atoms with Crippen molar-refractivity contribution in [2.24, 2.45) is 11.3 Å². The summed E-state index contributed by atoms with van der Waals surface area (Å²) >= 11 is 1.73. The van der Waals surface area contributed by atoms with Gasteiger partial charge in [-0.1, -0.05) is 32.8 Å². The van der Waals surface area contributed by atoms with Crippen LogP contribution in [0, 0.1) is 11.3 Å². The third-order valence-corrected chi connectivity index (χ3v) is 7.94. The Bertz CT molecular complexity index is 750. The van der Waals surface area contributed by atoms with Gasteiger partial charge in [-0.25, -0.2) is 0 Å². The number of hydrogen-bond donors (Lipinski definition) is 2. The first-order valence-electron chi connectivity index (χ1n) is 11.0. The van der Waals surface area contributed by atoms with Gasteiger partial charge in [-0.2, -0.15) is 0 Å². The lowest BCUT2D eigenvalue weighted by molar-refractivity contribution is 0.180. The molecule has 1 fully saturated rings. The zero-order valence-electron chi connectivity index (χ0n) is 18.1. The molecule has 160 valence electrons. The molecule has 0 radical (unpaired) electrons. The van der Waals surface area contributed by atoms with Gasteiger partial charge >= 0.3 is 0 Å². The van der Waals surface area contributed by atoms with Crippen molar-refractivity contribution >= 4 is 11.3 Å². The first-order chi connectivity index (χ1) is 14.1. The summed E-state index contributed by atoms with van der Waals surface area (Å²) in [4.78, 5) is 6.00. The van der Waals surface area contributed by atoms with Crippen LogP contribution in [0.4, 0.5) is 0 Å². The van der Waals surface area contributed by atoms with Crippen LogP contribution in [0.2, 0.25) is 0 Å². The van der Waals surface area contributed by atoms with E-state index in [0.29, 0.717) is 5.41 Å². The quantitative estimate of drug-likeness (QED) is 0.442. The van der Waals surface area contributed by atoms with E-state index in [1.54, 1.807) is 18.4 Å². The minimum atomic E-state index is -0.0809. The van der Waals surface area contributed by atoms with Crippen LogP contribution >= 0.6 is 11.3 Å². The number of nitrogens with one attached hydrogen (secondary N) is 1. The molecule has 4 nitrogen and oxygen atoms in total. The molecule has 0 bridgehead atoms. The lowest BCUT2D eigenvalue weighted by Gasteiger charge is -2.37. The van der Waals surface area contributed by atoms with Crippen molar-refractivity contribution in [3.05, 3.63) is 46.4 Å². The number of methoxy groups -OCH3 is 1. The Balaban J connectivity index is 1.75. The Morgan fingerprint density at radius 3 is 2.79 bits per heavy atom. The minimum Gasteiger partial charge on any atom is -0.496 e. The van der Waals surface area contributed by atoms with E-state index in [-0.39, 0.29) is 12.0 Å². The van der Waals surface area contributed by atoms with Gasteiger partial charge in [-0.05, 0) is 67.1 Å². The number of hydrogen-bond acceptors (Lipinski definition) is 5. The lowest BCUT2D eigenvalue weighted by atomic mass is 9.69. The van der Waals surface area contributed by atoms with Crippen molar-refractivity contribution < 1.29 is 9.84 Å². The maximum atomic E-state index is 9.99. The molecule has 0 spiro atoms. The Hall–Kier alpha value is -1.43. The van der Waals surface area contributed by atoms with E-state index in [4.69, 9.17) is 9.72 Å². The van der Waals surface area contributed by atoms with Crippen LogP contribution in [0.15, 0.2) is 35.8 Å². The molecule has 1 unspecified atom stereocenters. The van der Waals surface area contributed by atoms with Gasteiger partial charge in [0.1, 0.15) is 5.75 Å². The summed E-state index contributed by atoms with van der Waals surface area (Å²) in [7, 11) is 1.73. The molecule has 3 rings (SSSR count). The number of nitrogens with zero attached hydrogens (tertiary/aromatic N) is 1. The highest BCUT2D eigenvalue weighted by atomic mass is 32.1. The predicted octanol–water partition coefficient (Wildman–Crippen LogP) is 5.17. The molecular weight excluding hydrogens is 380 g/mol. The second-order valence-electron chi connectivity index (χ2n) is 8.51. The van der Waals surface area contributed by atoms with E-state index in [2.05, 4.69) is 36.7 Å². The molecule has 0 aliphatic heterocycles. The first-order valence-corrected chi connectivity index (χ1v) is 11.8. The van der Waals surface area contributed by atoms with E-state index in [1.165, 1.54) is 24.1 Å². The monoisotopic (exact) mass is 416 g/mol. The molecular formula is C24H36N2O2S. The molecule has 1 aliphatic rings. The zero-order chi connectivity index (χ0) is 20.7. The third-order valence-electron chi connectivity index (χ3n) is 7.04. The van der Waals surface area contributed by atoms with Crippen LogP contribution in [0.5, 0.6) is 5.75 Å². The molecule has 1 aliphatic carbocycles. The molecule has 0 aromatic carbocycles. The van der Waals surface area contributed by atoms with E-state index in [1.807, 2.05) is 18.3 Å².